The molecule has 0 atom stereocenters. The van der Waals surface area contributed by atoms with Crippen molar-refractivity contribution in [1.82, 2.24) is 23.9 Å². The molecule has 0 aliphatic heterocycles. The van der Waals surface area contributed by atoms with Gasteiger partial charge in [-0.1, -0.05) is 0 Å². The molecule has 0 saturated carbocycles. The fourth-order valence-corrected chi connectivity index (χ4v) is 3.31. The van der Waals surface area contributed by atoms with E-state index in [-0.39, 0.29) is 5.56 Å². The van der Waals surface area contributed by atoms with Gasteiger partial charge in [0.2, 0.25) is 0 Å². The predicted molar refractivity (Wildman–Crippen MR) is 80.7 cm³/mol. The van der Waals surface area contributed by atoms with Crippen molar-refractivity contribution in [2.24, 2.45) is 0 Å². The smallest absolute Gasteiger partial charge is 0.271 e. The van der Waals surface area contributed by atoms with E-state index in [1.165, 1.54) is 11.3 Å². The van der Waals surface area contributed by atoms with Crippen molar-refractivity contribution in [2.75, 3.05) is 0 Å². The molecule has 0 aliphatic rings. The number of hydrogen-bond donors (Lipinski definition) is 0. The van der Waals surface area contributed by atoms with Crippen LogP contribution >= 0.6 is 11.3 Å². The molecule has 4 aromatic rings. The van der Waals surface area contributed by atoms with Crippen molar-refractivity contribution in [3.8, 4) is 0 Å². The summed E-state index contributed by atoms with van der Waals surface area (Å²) in [5.74, 6) is 0. The Hall–Kier alpha value is -2.54. The highest BCUT2D eigenvalue weighted by Crippen LogP contribution is 2.19. The average molecular weight is 297 g/mol. The Labute approximate surface area is 123 Å². The van der Waals surface area contributed by atoms with Gasteiger partial charge in [-0.25, -0.2) is 9.97 Å². The summed E-state index contributed by atoms with van der Waals surface area (Å²) in [6.45, 7) is 2.40. The number of rotatable bonds is 2. The lowest BCUT2D eigenvalue weighted by Gasteiger charge is -2.05. The Morgan fingerprint density at radius 3 is 3.10 bits per heavy atom. The van der Waals surface area contributed by atoms with Gasteiger partial charge in [0.25, 0.3) is 5.56 Å². The Bertz CT molecular complexity index is 1010. The van der Waals surface area contributed by atoms with E-state index in [9.17, 15) is 4.79 Å². The van der Waals surface area contributed by atoms with Crippen LogP contribution < -0.4 is 5.56 Å². The van der Waals surface area contributed by atoms with Gasteiger partial charge in [-0.05, 0) is 17.9 Å². The molecule has 0 bridgehead atoms. The van der Waals surface area contributed by atoms with E-state index in [0.717, 1.165) is 22.4 Å². The molecule has 0 unspecified atom stereocenters. The lowest BCUT2D eigenvalue weighted by Crippen LogP contribution is -2.21. The van der Waals surface area contributed by atoms with Crippen LogP contribution in [0, 0.1) is 6.92 Å². The molecule has 4 aromatic heterocycles. The molecule has 7 heteroatoms. The van der Waals surface area contributed by atoms with Crippen molar-refractivity contribution in [3.63, 3.8) is 0 Å². The summed E-state index contributed by atoms with van der Waals surface area (Å²) in [5.41, 5.74) is 3.51. The van der Waals surface area contributed by atoms with Crippen molar-refractivity contribution in [2.45, 2.75) is 13.5 Å². The molecular weight excluding hydrogens is 286 g/mol. The first-order valence-electron chi connectivity index (χ1n) is 6.43. The first kappa shape index (κ1) is 12.2. The van der Waals surface area contributed by atoms with Gasteiger partial charge in [-0.15, -0.1) is 11.3 Å². The van der Waals surface area contributed by atoms with Gasteiger partial charge in [0.15, 0.2) is 5.65 Å². The maximum Gasteiger partial charge on any atom is 0.271 e. The number of aromatic nitrogens is 5. The van der Waals surface area contributed by atoms with Crippen molar-refractivity contribution < 1.29 is 0 Å². The summed E-state index contributed by atoms with van der Waals surface area (Å²) < 4.78 is 4.23. The number of thiophene rings is 1. The van der Waals surface area contributed by atoms with Crippen LogP contribution in [0.4, 0.5) is 0 Å². The predicted octanol–water partition coefficient (Wildman–Crippen LogP) is 1.86. The van der Waals surface area contributed by atoms with E-state index in [4.69, 9.17) is 0 Å². The van der Waals surface area contributed by atoms with Crippen LogP contribution in [0.5, 0.6) is 0 Å². The summed E-state index contributed by atoms with van der Waals surface area (Å²) in [6, 6.07) is 0. The zero-order chi connectivity index (χ0) is 14.4. The van der Waals surface area contributed by atoms with Crippen LogP contribution in [-0.2, 0) is 6.54 Å². The molecule has 0 radical (unpaired) electrons. The normalized spacial score (nSPS) is 11.5. The molecule has 4 heterocycles. The lowest BCUT2D eigenvalue weighted by molar-refractivity contribution is 0.724. The standard InChI is InChI=1S/C14H11N5OS/c1-9-7-21-13-12(9)17-8-18(14(13)20)6-10-4-16-11-5-15-2-3-19(10)11/h2-5,7-8H,6H2,1H3. The van der Waals surface area contributed by atoms with Gasteiger partial charge in [-0.3, -0.25) is 18.7 Å². The van der Waals surface area contributed by atoms with Gasteiger partial charge in [0.1, 0.15) is 4.70 Å². The van der Waals surface area contributed by atoms with E-state index in [2.05, 4.69) is 15.0 Å². The summed E-state index contributed by atoms with van der Waals surface area (Å²) >= 11 is 1.44. The molecular formula is C14H11N5OS. The van der Waals surface area contributed by atoms with Crippen molar-refractivity contribution in [1.29, 1.82) is 0 Å². The highest BCUT2D eigenvalue weighted by Gasteiger charge is 2.10. The molecule has 0 fully saturated rings. The van der Waals surface area contributed by atoms with Crippen LogP contribution in [0.15, 0.2) is 41.3 Å². The Balaban J connectivity index is 1.84. The first-order chi connectivity index (χ1) is 10.2. The molecule has 0 spiro atoms. The molecule has 21 heavy (non-hydrogen) atoms. The van der Waals surface area contributed by atoms with E-state index < -0.39 is 0 Å². The minimum atomic E-state index is -0.0119. The van der Waals surface area contributed by atoms with Gasteiger partial charge in [0.05, 0.1) is 36.5 Å². The number of hydrogen-bond acceptors (Lipinski definition) is 5. The molecule has 0 amide bonds. The van der Waals surface area contributed by atoms with Crippen LogP contribution in [0.25, 0.3) is 15.9 Å². The number of fused-ring (bicyclic) bond motifs is 2. The maximum absolute atomic E-state index is 12.5. The average Bonchev–Trinajstić information content (AvgIpc) is 3.07. The van der Waals surface area contributed by atoms with Gasteiger partial charge in [-0.2, -0.15) is 0 Å². The Morgan fingerprint density at radius 2 is 2.19 bits per heavy atom. The highest BCUT2D eigenvalue weighted by molar-refractivity contribution is 7.17. The summed E-state index contributed by atoms with van der Waals surface area (Å²) in [5, 5.41) is 1.96. The second-order valence-electron chi connectivity index (χ2n) is 4.83. The molecule has 0 aliphatic carbocycles. The number of imidazole rings is 1. The molecule has 0 saturated heterocycles. The summed E-state index contributed by atoms with van der Waals surface area (Å²) in [4.78, 5) is 25.2. The van der Waals surface area contributed by atoms with E-state index in [1.807, 2.05) is 22.9 Å². The fraction of sp³-hybridized carbons (Fsp3) is 0.143. The molecule has 0 aromatic carbocycles. The minimum Gasteiger partial charge on any atom is -0.299 e. The zero-order valence-electron chi connectivity index (χ0n) is 11.2. The summed E-state index contributed by atoms with van der Waals surface area (Å²) in [6.07, 6.45) is 8.59. The van der Waals surface area contributed by atoms with Gasteiger partial charge >= 0.3 is 0 Å². The van der Waals surface area contributed by atoms with E-state index >= 15 is 0 Å². The highest BCUT2D eigenvalue weighted by atomic mass is 32.1. The summed E-state index contributed by atoms with van der Waals surface area (Å²) in [7, 11) is 0. The number of nitrogens with zero attached hydrogens (tertiary/aromatic N) is 5. The van der Waals surface area contributed by atoms with Crippen LogP contribution in [0.1, 0.15) is 11.3 Å². The van der Waals surface area contributed by atoms with Crippen molar-refractivity contribution in [3.05, 3.63) is 58.1 Å². The third kappa shape index (κ3) is 1.85. The number of aryl methyl sites for hydroxylation is 1. The third-order valence-electron chi connectivity index (χ3n) is 3.45. The molecule has 104 valence electrons. The second-order valence-corrected chi connectivity index (χ2v) is 5.71. The molecule has 4 rings (SSSR count). The quantitative estimate of drug-likeness (QED) is 0.566. The van der Waals surface area contributed by atoms with Gasteiger partial charge < -0.3 is 0 Å². The second kappa shape index (κ2) is 4.49. The minimum absolute atomic E-state index is 0.0119. The Morgan fingerprint density at radius 1 is 1.29 bits per heavy atom. The Kier molecular flexibility index (Phi) is 2.61. The topological polar surface area (TPSA) is 65.1 Å². The van der Waals surface area contributed by atoms with Crippen LogP contribution in [-0.4, -0.2) is 23.9 Å². The van der Waals surface area contributed by atoms with E-state index in [1.54, 1.807) is 29.5 Å². The van der Waals surface area contributed by atoms with E-state index in [0.29, 0.717) is 11.2 Å². The maximum atomic E-state index is 12.5. The molecule has 0 N–H and O–H groups in total. The molecule has 6 nitrogen and oxygen atoms in total. The van der Waals surface area contributed by atoms with Gasteiger partial charge in [0, 0.05) is 12.4 Å². The monoisotopic (exact) mass is 297 g/mol. The fourth-order valence-electron chi connectivity index (χ4n) is 2.36. The zero-order valence-corrected chi connectivity index (χ0v) is 12.0. The van der Waals surface area contributed by atoms with Crippen LogP contribution in [0.2, 0.25) is 0 Å². The third-order valence-corrected chi connectivity index (χ3v) is 4.52. The lowest BCUT2D eigenvalue weighted by atomic mass is 10.3. The largest absolute Gasteiger partial charge is 0.299 e. The van der Waals surface area contributed by atoms with Crippen molar-refractivity contribution >= 4 is 27.2 Å². The first-order valence-corrected chi connectivity index (χ1v) is 7.31. The van der Waals surface area contributed by atoms with Crippen LogP contribution in [0.3, 0.4) is 0 Å². The SMILES string of the molecule is Cc1csc2c(=O)n(Cc3cnc4cnccn34)cnc12.